The van der Waals surface area contributed by atoms with Crippen molar-refractivity contribution in [1.29, 1.82) is 0 Å². The predicted molar refractivity (Wildman–Crippen MR) is 94.7 cm³/mol. The van der Waals surface area contributed by atoms with E-state index in [1.54, 1.807) is 23.1 Å². The first kappa shape index (κ1) is 16.4. The van der Waals surface area contributed by atoms with Crippen molar-refractivity contribution >= 4 is 23.3 Å². The highest BCUT2D eigenvalue weighted by molar-refractivity contribution is 6.20. The summed E-state index contributed by atoms with van der Waals surface area (Å²) >= 11 is 0. The topological polar surface area (TPSA) is 59.0 Å². The van der Waals surface area contributed by atoms with E-state index >= 15 is 0 Å². The fraction of sp³-hybridized carbons (Fsp3) is 0.250. The molecule has 0 saturated heterocycles. The van der Waals surface area contributed by atoms with Gasteiger partial charge in [-0.2, -0.15) is 0 Å². The minimum atomic E-state index is -1.32. The molecule has 2 heterocycles. The lowest BCUT2D eigenvalue weighted by atomic mass is 9.93. The number of rotatable bonds is 2. The van der Waals surface area contributed by atoms with Gasteiger partial charge in [-0.25, -0.2) is 9.38 Å². The molecule has 1 atom stereocenters. The van der Waals surface area contributed by atoms with Crippen molar-refractivity contribution in [2.45, 2.75) is 26.0 Å². The van der Waals surface area contributed by atoms with Crippen LogP contribution in [0.15, 0.2) is 47.5 Å². The van der Waals surface area contributed by atoms with Crippen LogP contribution in [0.4, 0.5) is 10.1 Å². The van der Waals surface area contributed by atoms with Gasteiger partial charge in [0.1, 0.15) is 5.82 Å². The van der Waals surface area contributed by atoms with E-state index in [1.807, 2.05) is 18.2 Å². The molecule has 26 heavy (non-hydrogen) atoms. The van der Waals surface area contributed by atoms with E-state index in [2.05, 4.69) is 4.99 Å². The van der Waals surface area contributed by atoms with E-state index < -0.39 is 23.9 Å². The number of amides is 1. The molecule has 2 aromatic rings. The molecule has 0 saturated carbocycles. The molecule has 132 valence electrons. The summed E-state index contributed by atoms with van der Waals surface area (Å²) in [5.41, 5.74) is 3.02. The van der Waals surface area contributed by atoms with Crippen molar-refractivity contribution in [3.8, 4) is 0 Å². The van der Waals surface area contributed by atoms with Crippen LogP contribution in [0.25, 0.3) is 0 Å². The van der Waals surface area contributed by atoms with E-state index in [4.69, 9.17) is 4.74 Å². The number of benzene rings is 2. The maximum Gasteiger partial charge on any atom is 0.305 e. The zero-order chi connectivity index (χ0) is 18.3. The molecule has 4 rings (SSSR count). The van der Waals surface area contributed by atoms with Crippen LogP contribution in [0, 0.1) is 5.82 Å². The average molecular weight is 352 g/mol. The largest absolute Gasteiger partial charge is 0.430 e. The summed E-state index contributed by atoms with van der Waals surface area (Å²) in [6.07, 6.45) is 0.320. The molecule has 6 heteroatoms. The molecule has 0 bridgehead atoms. The maximum absolute atomic E-state index is 14.5. The smallest absolute Gasteiger partial charge is 0.305 e. The summed E-state index contributed by atoms with van der Waals surface area (Å²) in [6, 6.07) is 11.9. The quantitative estimate of drug-likeness (QED) is 0.781. The van der Waals surface area contributed by atoms with Crippen molar-refractivity contribution in [1.82, 2.24) is 0 Å². The van der Waals surface area contributed by atoms with Crippen molar-refractivity contribution in [3.63, 3.8) is 0 Å². The Balaban J connectivity index is 1.98. The van der Waals surface area contributed by atoms with Crippen LogP contribution >= 0.6 is 0 Å². The Morgan fingerprint density at radius 3 is 2.73 bits per heavy atom. The van der Waals surface area contributed by atoms with E-state index in [-0.39, 0.29) is 5.56 Å². The SMILES string of the molecule is CC(=O)OC1N=C(c2ccccc2F)c2cccc3c2N(CCC3)C1=O. The van der Waals surface area contributed by atoms with Crippen molar-refractivity contribution in [3.05, 3.63) is 65.0 Å². The Hall–Kier alpha value is -3.02. The summed E-state index contributed by atoms with van der Waals surface area (Å²) < 4.78 is 19.7. The molecule has 1 amide bonds. The molecular formula is C20H17FN2O3. The monoisotopic (exact) mass is 352 g/mol. The number of aryl methyl sites for hydroxylation is 1. The van der Waals surface area contributed by atoms with E-state index in [1.165, 1.54) is 13.0 Å². The third-order valence-corrected chi connectivity index (χ3v) is 4.60. The lowest BCUT2D eigenvalue weighted by Gasteiger charge is -2.30. The number of aliphatic imine (C=N–C) groups is 1. The molecule has 2 aliphatic heterocycles. The summed E-state index contributed by atoms with van der Waals surface area (Å²) in [5.74, 6) is -1.45. The van der Waals surface area contributed by atoms with Gasteiger partial charge in [-0.15, -0.1) is 0 Å². The molecule has 1 unspecified atom stereocenters. The Morgan fingerprint density at radius 2 is 1.96 bits per heavy atom. The van der Waals surface area contributed by atoms with Gasteiger partial charge in [0.15, 0.2) is 0 Å². The second kappa shape index (κ2) is 6.37. The molecule has 0 radical (unpaired) electrons. The summed E-state index contributed by atoms with van der Waals surface area (Å²) in [6.45, 7) is 1.74. The van der Waals surface area contributed by atoms with Crippen molar-refractivity contribution < 1.29 is 18.7 Å². The number of hydrogen-bond acceptors (Lipinski definition) is 4. The Bertz CT molecular complexity index is 938. The molecule has 0 aromatic heterocycles. The van der Waals surface area contributed by atoms with Crippen LogP contribution in [0.5, 0.6) is 0 Å². The fourth-order valence-electron chi connectivity index (χ4n) is 3.54. The van der Waals surface area contributed by atoms with Crippen LogP contribution in [0.1, 0.15) is 30.0 Å². The number of carbonyl (C=O) groups is 2. The van der Waals surface area contributed by atoms with Crippen LogP contribution in [0.3, 0.4) is 0 Å². The normalized spacial score (nSPS) is 18.7. The first-order chi connectivity index (χ1) is 12.6. The number of anilines is 1. The zero-order valence-corrected chi connectivity index (χ0v) is 14.2. The van der Waals surface area contributed by atoms with E-state index in [9.17, 15) is 14.0 Å². The number of ether oxygens (including phenoxy) is 1. The van der Waals surface area contributed by atoms with Crippen molar-refractivity contribution in [2.75, 3.05) is 11.4 Å². The minimum absolute atomic E-state index is 0.276. The van der Waals surface area contributed by atoms with Gasteiger partial charge in [0.25, 0.3) is 12.1 Å². The van der Waals surface area contributed by atoms with Gasteiger partial charge in [-0.05, 0) is 30.5 Å². The fourth-order valence-corrected chi connectivity index (χ4v) is 3.54. The van der Waals surface area contributed by atoms with Gasteiger partial charge in [-0.1, -0.05) is 30.3 Å². The molecule has 2 aromatic carbocycles. The molecule has 0 spiro atoms. The molecule has 0 aliphatic carbocycles. The third kappa shape index (κ3) is 2.67. The molecule has 0 fully saturated rings. The first-order valence-electron chi connectivity index (χ1n) is 8.50. The standard InChI is InChI=1S/C20H17FN2O3/c1-12(24)26-19-20(25)23-11-5-7-13-6-4-9-15(18(13)23)17(22-19)14-8-2-3-10-16(14)21/h2-4,6,8-10,19H,5,7,11H2,1H3. The van der Waals surface area contributed by atoms with Crippen LogP contribution < -0.4 is 4.90 Å². The Labute approximate surface area is 150 Å². The summed E-state index contributed by atoms with van der Waals surface area (Å²) in [7, 11) is 0. The molecule has 5 nitrogen and oxygen atoms in total. The van der Waals surface area contributed by atoms with Crippen LogP contribution in [-0.2, 0) is 20.7 Å². The molecule has 2 aliphatic rings. The maximum atomic E-state index is 14.5. The number of halogens is 1. The highest BCUT2D eigenvalue weighted by Gasteiger charge is 2.36. The second-order valence-electron chi connectivity index (χ2n) is 6.33. The number of esters is 1. The highest BCUT2D eigenvalue weighted by Crippen LogP contribution is 2.36. The average Bonchev–Trinajstić information content (AvgIpc) is 2.74. The van der Waals surface area contributed by atoms with Crippen LogP contribution in [0.2, 0.25) is 0 Å². The van der Waals surface area contributed by atoms with Gasteiger partial charge in [-0.3, -0.25) is 9.59 Å². The Kier molecular flexibility index (Phi) is 4.03. The number of nitrogens with zero attached hydrogens (tertiary/aromatic N) is 2. The van der Waals surface area contributed by atoms with Crippen LogP contribution in [-0.4, -0.2) is 30.4 Å². The first-order valence-corrected chi connectivity index (χ1v) is 8.50. The number of hydrogen-bond donors (Lipinski definition) is 0. The van der Waals surface area contributed by atoms with Crippen molar-refractivity contribution in [2.24, 2.45) is 4.99 Å². The third-order valence-electron chi connectivity index (χ3n) is 4.60. The van der Waals surface area contributed by atoms with Gasteiger partial charge < -0.3 is 9.64 Å². The Morgan fingerprint density at radius 1 is 1.19 bits per heavy atom. The summed E-state index contributed by atoms with van der Waals surface area (Å²) in [4.78, 5) is 30.5. The molecular weight excluding hydrogens is 335 g/mol. The number of para-hydroxylation sites is 1. The second-order valence-corrected chi connectivity index (χ2v) is 6.33. The van der Waals surface area contributed by atoms with Gasteiger partial charge in [0.05, 0.1) is 11.4 Å². The summed E-state index contributed by atoms with van der Waals surface area (Å²) in [5, 5.41) is 0. The lowest BCUT2D eigenvalue weighted by molar-refractivity contribution is -0.152. The highest BCUT2D eigenvalue weighted by atomic mass is 19.1. The molecule has 0 N–H and O–H groups in total. The number of carbonyl (C=O) groups excluding carboxylic acids is 2. The van der Waals surface area contributed by atoms with E-state index in [0.717, 1.165) is 24.1 Å². The zero-order valence-electron chi connectivity index (χ0n) is 14.2. The lowest BCUT2D eigenvalue weighted by Crippen LogP contribution is -2.42. The van der Waals surface area contributed by atoms with E-state index in [0.29, 0.717) is 17.8 Å². The van der Waals surface area contributed by atoms with Gasteiger partial charge >= 0.3 is 5.97 Å². The van der Waals surface area contributed by atoms with Gasteiger partial charge in [0.2, 0.25) is 0 Å². The minimum Gasteiger partial charge on any atom is -0.430 e. The van der Waals surface area contributed by atoms with Gasteiger partial charge in [0, 0.05) is 24.6 Å². The predicted octanol–water partition coefficient (Wildman–Crippen LogP) is 2.85.